The number of allylic oxidation sites excluding steroid dienone is 10. The average molecular weight is 643 g/mol. The second kappa shape index (κ2) is 37.1. The SMILES string of the molecule is CCCCC/C=C\C/C=C\C/C=C\C/C=C\CCCC(=O)OCC(O)COC(=O)CCCCCCC/C=C\CCCCCCCC. The normalized spacial score (nSPS) is 12.8. The van der Waals surface area contributed by atoms with Crippen molar-refractivity contribution in [2.24, 2.45) is 0 Å². The molecule has 0 saturated heterocycles. The first-order valence-corrected chi connectivity index (χ1v) is 18.8. The van der Waals surface area contributed by atoms with Crippen molar-refractivity contribution in [3.8, 4) is 0 Å². The van der Waals surface area contributed by atoms with Gasteiger partial charge < -0.3 is 14.6 Å². The Hall–Kier alpha value is -2.40. The summed E-state index contributed by atoms with van der Waals surface area (Å²) in [5, 5.41) is 9.99. The number of unbranched alkanes of at least 4 members (excludes halogenated alkanes) is 15. The van der Waals surface area contributed by atoms with Crippen LogP contribution in [0.4, 0.5) is 0 Å². The first kappa shape index (κ1) is 43.6. The molecule has 46 heavy (non-hydrogen) atoms. The van der Waals surface area contributed by atoms with Gasteiger partial charge in [-0.1, -0.05) is 139 Å². The molecule has 0 amide bonds. The Morgan fingerprint density at radius 3 is 1.28 bits per heavy atom. The van der Waals surface area contributed by atoms with E-state index in [9.17, 15) is 14.7 Å². The first-order chi connectivity index (χ1) is 22.6. The van der Waals surface area contributed by atoms with E-state index in [2.05, 4.69) is 74.6 Å². The molecule has 5 heteroatoms. The molecule has 1 unspecified atom stereocenters. The zero-order chi connectivity index (χ0) is 33.6. The van der Waals surface area contributed by atoms with Gasteiger partial charge in [0.15, 0.2) is 0 Å². The Kier molecular flexibility index (Phi) is 35.1. The molecule has 0 aromatic carbocycles. The van der Waals surface area contributed by atoms with Crippen molar-refractivity contribution >= 4 is 11.9 Å². The zero-order valence-corrected chi connectivity index (χ0v) is 29.8. The topological polar surface area (TPSA) is 72.8 Å². The number of hydrogen-bond acceptors (Lipinski definition) is 5. The molecule has 1 N–H and O–H groups in total. The third-order valence-corrected chi connectivity index (χ3v) is 7.73. The maximum absolute atomic E-state index is 11.9. The fourth-order valence-electron chi connectivity index (χ4n) is 4.84. The van der Waals surface area contributed by atoms with E-state index in [4.69, 9.17) is 9.47 Å². The predicted molar refractivity (Wildman–Crippen MR) is 196 cm³/mol. The first-order valence-electron chi connectivity index (χ1n) is 18.8. The van der Waals surface area contributed by atoms with Crippen molar-refractivity contribution in [2.45, 2.75) is 174 Å². The number of aliphatic hydroxyl groups excluding tert-OH is 1. The number of rotatable bonds is 33. The molecule has 1 atom stereocenters. The van der Waals surface area contributed by atoms with Crippen LogP contribution in [0, 0.1) is 0 Å². The van der Waals surface area contributed by atoms with E-state index >= 15 is 0 Å². The summed E-state index contributed by atoms with van der Waals surface area (Å²) in [5.74, 6) is -0.642. The lowest BCUT2D eigenvalue weighted by atomic mass is 10.1. The molecule has 0 aromatic heterocycles. The smallest absolute Gasteiger partial charge is 0.305 e. The molecule has 5 nitrogen and oxygen atoms in total. The summed E-state index contributed by atoms with van der Waals surface area (Å²) < 4.78 is 10.3. The summed E-state index contributed by atoms with van der Waals surface area (Å²) in [4.78, 5) is 23.9. The van der Waals surface area contributed by atoms with Crippen molar-refractivity contribution < 1.29 is 24.2 Å². The summed E-state index contributed by atoms with van der Waals surface area (Å²) >= 11 is 0. The molecule has 0 aromatic rings. The summed E-state index contributed by atoms with van der Waals surface area (Å²) in [5.41, 5.74) is 0. The van der Waals surface area contributed by atoms with Crippen LogP contribution >= 0.6 is 0 Å². The standard InChI is InChI=1S/C41H70O5/c1-3-5-7-9-11-13-15-17-19-20-22-24-26-28-30-32-34-36-41(44)46-38-39(42)37-45-40(43)35-33-31-29-27-25-23-21-18-16-14-12-10-8-6-4-2/h11,13,17-19,21-22,24,28,30,39,42H,3-10,12,14-16,20,23,25-27,29,31-38H2,1-2H3/b13-11-,19-17-,21-18-,24-22-,30-28-. The highest BCUT2D eigenvalue weighted by Gasteiger charge is 2.11. The van der Waals surface area contributed by atoms with E-state index in [1.54, 1.807) is 0 Å². The molecule has 0 rings (SSSR count). The van der Waals surface area contributed by atoms with E-state index < -0.39 is 6.10 Å². The lowest BCUT2D eigenvalue weighted by Gasteiger charge is -2.12. The number of carbonyl (C=O) groups excluding carboxylic acids is 2. The molecule has 0 fully saturated rings. The molecule has 0 aliphatic rings. The molecular formula is C41H70O5. The second-order valence-corrected chi connectivity index (χ2v) is 12.3. The van der Waals surface area contributed by atoms with Crippen LogP contribution in [0.3, 0.4) is 0 Å². The number of aliphatic hydroxyl groups is 1. The van der Waals surface area contributed by atoms with Crippen molar-refractivity contribution in [2.75, 3.05) is 13.2 Å². The van der Waals surface area contributed by atoms with E-state index in [0.717, 1.165) is 51.4 Å². The van der Waals surface area contributed by atoms with Crippen LogP contribution in [-0.2, 0) is 19.1 Å². The van der Waals surface area contributed by atoms with Crippen molar-refractivity contribution in [3.63, 3.8) is 0 Å². The quantitative estimate of drug-likeness (QED) is 0.0438. The monoisotopic (exact) mass is 643 g/mol. The van der Waals surface area contributed by atoms with Crippen LogP contribution in [0.25, 0.3) is 0 Å². The average Bonchev–Trinajstić information content (AvgIpc) is 3.06. The number of esters is 2. The third kappa shape index (κ3) is 36.1. The van der Waals surface area contributed by atoms with Crippen LogP contribution in [0.1, 0.15) is 168 Å². The van der Waals surface area contributed by atoms with E-state index in [0.29, 0.717) is 19.3 Å². The molecule has 0 aliphatic carbocycles. The van der Waals surface area contributed by atoms with Crippen LogP contribution in [0.2, 0.25) is 0 Å². The van der Waals surface area contributed by atoms with Gasteiger partial charge in [0.1, 0.15) is 19.3 Å². The summed E-state index contributed by atoms with van der Waals surface area (Å²) in [7, 11) is 0. The van der Waals surface area contributed by atoms with Gasteiger partial charge in [-0.3, -0.25) is 9.59 Å². The molecule has 0 spiro atoms. The third-order valence-electron chi connectivity index (χ3n) is 7.73. The lowest BCUT2D eigenvalue weighted by Crippen LogP contribution is -2.25. The molecular weight excluding hydrogens is 572 g/mol. The fraction of sp³-hybridized carbons (Fsp3) is 0.707. The van der Waals surface area contributed by atoms with Gasteiger partial charge in [0.05, 0.1) is 0 Å². The van der Waals surface area contributed by atoms with Gasteiger partial charge in [0.2, 0.25) is 0 Å². The number of ether oxygens (including phenoxy) is 2. The summed E-state index contributed by atoms with van der Waals surface area (Å²) in [6.45, 7) is 4.20. The Morgan fingerprint density at radius 1 is 0.457 bits per heavy atom. The lowest BCUT2D eigenvalue weighted by molar-refractivity contribution is -0.152. The van der Waals surface area contributed by atoms with Gasteiger partial charge in [-0.2, -0.15) is 0 Å². The Labute approximate surface area is 283 Å². The number of carbonyl (C=O) groups is 2. The molecule has 0 saturated carbocycles. The molecule has 0 radical (unpaired) electrons. The van der Waals surface area contributed by atoms with Gasteiger partial charge in [-0.05, 0) is 77.0 Å². The zero-order valence-electron chi connectivity index (χ0n) is 29.8. The number of hydrogen-bond donors (Lipinski definition) is 1. The van der Waals surface area contributed by atoms with Crippen molar-refractivity contribution in [1.82, 2.24) is 0 Å². The van der Waals surface area contributed by atoms with Crippen molar-refractivity contribution in [1.29, 1.82) is 0 Å². The predicted octanol–water partition coefficient (Wildman–Crippen LogP) is 11.6. The fourth-order valence-corrected chi connectivity index (χ4v) is 4.84. The molecule has 0 aliphatic heterocycles. The maximum Gasteiger partial charge on any atom is 0.305 e. The Bertz CT molecular complexity index is 823. The van der Waals surface area contributed by atoms with Crippen LogP contribution in [-0.4, -0.2) is 36.4 Å². The summed E-state index contributed by atoms with van der Waals surface area (Å²) in [6.07, 6.45) is 47.0. The molecule has 264 valence electrons. The highest BCUT2D eigenvalue weighted by molar-refractivity contribution is 5.69. The highest BCUT2D eigenvalue weighted by atomic mass is 16.6. The maximum atomic E-state index is 11.9. The van der Waals surface area contributed by atoms with E-state index in [-0.39, 0.29) is 25.2 Å². The minimum atomic E-state index is -0.990. The van der Waals surface area contributed by atoms with E-state index in [1.807, 2.05) is 0 Å². The van der Waals surface area contributed by atoms with Gasteiger partial charge in [-0.25, -0.2) is 0 Å². The van der Waals surface area contributed by atoms with Gasteiger partial charge in [-0.15, -0.1) is 0 Å². The highest BCUT2D eigenvalue weighted by Crippen LogP contribution is 2.10. The second-order valence-electron chi connectivity index (χ2n) is 12.3. The Morgan fingerprint density at radius 2 is 0.783 bits per heavy atom. The van der Waals surface area contributed by atoms with E-state index in [1.165, 1.54) is 83.5 Å². The minimum absolute atomic E-state index is 0.139. The van der Waals surface area contributed by atoms with Gasteiger partial charge in [0, 0.05) is 12.8 Å². The molecule has 0 heterocycles. The molecule has 0 bridgehead atoms. The van der Waals surface area contributed by atoms with Crippen LogP contribution < -0.4 is 0 Å². The largest absolute Gasteiger partial charge is 0.463 e. The van der Waals surface area contributed by atoms with Crippen LogP contribution in [0.5, 0.6) is 0 Å². The summed E-state index contributed by atoms with van der Waals surface area (Å²) in [6, 6.07) is 0. The minimum Gasteiger partial charge on any atom is -0.463 e. The van der Waals surface area contributed by atoms with Gasteiger partial charge >= 0.3 is 11.9 Å². The van der Waals surface area contributed by atoms with Crippen molar-refractivity contribution in [3.05, 3.63) is 60.8 Å². The Balaban J connectivity index is 3.57. The van der Waals surface area contributed by atoms with Gasteiger partial charge in [0.25, 0.3) is 0 Å². The van der Waals surface area contributed by atoms with Crippen LogP contribution in [0.15, 0.2) is 60.8 Å².